The first kappa shape index (κ1) is 13.0. The highest BCUT2D eigenvalue weighted by molar-refractivity contribution is 5.95. The van der Waals surface area contributed by atoms with Crippen LogP contribution >= 0.6 is 0 Å². The Morgan fingerprint density at radius 1 is 1.43 bits per heavy atom. The number of rotatable bonds is 2. The van der Waals surface area contributed by atoms with E-state index in [0.717, 1.165) is 35.3 Å². The third-order valence-electron chi connectivity index (χ3n) is 6.08. The molecule has 110 valence electrons. The molecule has 2 aromatic rings. The van der Waals surface area contributed by atoms with Gasteiger partial charge in [0, 0.05) is 13.0 Å². The summed E-state index contributed by atoms with van der Waals surface area (Å²) in [6.07, 6.45) is 2.76. The zero-order valence-electron chi connectivity index (χ0n) is 12.6. The van der Waals surface area contributed by atoms with E-state index in [9.17, 15) is 4.79 Å². The number of carbonyl (C=O) groups excluding carboxylic acids is 1. The van der Waals surface area contributed by atoms with Crippen LogP contribution in [0.3, 0.4) is 0 Å². The van der Waals surface area contributed by atoms with Gasteiger partial charge < -0.3 is 10.7 Å². The van der Waals surface area contributed by atoms with Gasteiger partial charge in [0.05, 0.1) is 16.4 Å². The first-order valence-corrected chi connectivity index (χ1v) is 7.71. The van der Waals surface area contributed by atoms with Crippen molar-refractivity contribution in [3.8, 4) is 0 Å². The summed E-state index contributed by atoms with van der Waals surface area (Å²) in [7, 11) is 0. The van der Waals surface area contributed by atoms with Crippen LogP contribution in [0.15, 0.2) is 18.2 Å². The lowest BCUT2D eigenvalue weighted by Crippen LogP contribution is -2.41. The highest BCUT2D eigenvalue weighted by atomic mass is 16.1. The Labute approximate surface area is 124 Å². The molecule has 3 N–H and O–H groups in total. The number of ketones is 1. The maximum Gasteiger partial charge on any atom is 0.147 e. The monoisotopic (exact) mass is 283 g/mol. The number of nitrogens with one attached hydrogen (secondary N) is 1. The molecule has 4 heteroatoms. The quantitative estimate of drug-likeness (QED) is 0.890. The minimum absolute atomic E-state index is 0.00530. The molecule has 1 aromatic heterocycles. The maximum absolute atomic E-state index is 12.7. The van der Waals surface area contributed by atoms with Crippen LogP contribution in [0.5, 0.6) is 0 Å². The molecule has 2 aliphatic rings. The van der Waals surface area contributed by atoms with E-state index in [2.05, 4.69) is 18.8 Å². The summed E-state index contributed by atoms with van der Waals surface area (Å²) in [4.78, 5) is 20.9. The van der Waals surface area contributed by atoms with Crippen molar-refractivity contribution >= 4 is 16.8 Å². The molecule has 0 radical (unpaired) electrons. The summed E-state index contributed by atoms with van der Waals surface area (Å²) in [5, 5.41) is 0. The van der Waals surface area contributed by atoms with Gasteiger partial charge >= 0.3 is 0 Å². The summed E-state index contributed by atoms with van der Waals surface area (Å²) < 4.78 is 0. The van der Waals surface area contributed by atoms with Crippen LogP contribution in [0.25, 0.3) is 11.0 Å². The SMILES string of the molecule is CC1(C)C2CCC1(c1nc3ccc(CN)cc3[nH]1)C(=O)C2. The zero-order chi connectivity index (χ0) is 14.8. The number of fused-ring (bicyclic) bond motifs is 3. The topological polar surface area (TPSA) is 71.8 Å². The highest BCUT2D eigenvalue weighted by Gasteiger charge is 2.66. The molecule has 2 bridgehead atoms. The molecule has 1 aromatic carbocycles. The molecule has 4 rings (SSSR count). The number of aromatic amines is 1. The van der Waals surface area contributed by atoms with Crippen LogP contribution in [-0.4, -0.2) is 15.8 Å². The van der Waals surface area contributed by atoms with E-state index in [-0.39, 0.29) is 5.41 Å². The van der Waals surface area contributed by atoms with Crippen LogP contribution in [0.4, 0.5) is 0 Å². The lowest BCUT2D eigenvalue weighted by molar-refractivity contribution is -0.124. The van der Waals surface area contributed by atoms with Crippen LogP contribution < -0.4 is 5.73 Å². The van der Waals surface area contributed by atoms with Gasteiger partial charge in [0.25, 0.3) is 0 Å². The van der Waals surface area contributed by atoms with E-state index in [0.29, 0.717) is 24.7 Å². The average Bonchev–Trinajstić information content (AvgIpc) is 3.04. The van der Waals surface area contributed by atoms with Crippen molar-refractivity contribution in [2.45, 2.75) is 45.1 Å². The van der Waals surface area contributed by atoms with Gasteiger partial charge in [0.1, 0.15) is 11.6 Å². The normalized spacial score (nSPS) is 30.4. The molecule has 21 heavy (non-hydrogen) atoms. The molecule has 0 saturated heterocycles. The fourth-order valence-corrected chi connectivity index (χ4v) is 4.62. The number of nitrogens with two attached hydrogens (primary N) is 1. The van der Waals surface area contributed by atoms with Crippen molar-refractivity contribution < 1.29 is 4.79 Å². The fraction of sp³-hybridized carbons (Fsp3) is 0.529. The Balaban J connectivity index is 1.91. The number of benzene rings is 1. The molecule has 0 amide bonds. The summed E-state index contributed by atoms with van der Waals surface area (Å²) in [5.74, 6) is 1.72. The molecule has 4 nitrogen and oxygen atoms in total. The Morgan fingerprint density at radius 2 is 2.24 bits per heavy atom. The van der Waals surface area contributed by atoms with Crippen molar-refractivity contribution in [1.29, 1.82) is 0 Å². The number of carbonyl (C=O) groups is 1. The number of H-pyrrole nitrogens is 1. The molecule has 2 aliphatic carbocycles. The van der Waals surface area contributed by atoms with Crippen LogP contribution in [0.2, 0.25) is 0 Å². The van der Waals surface area contributed by atoms with Gasteiger partial charge in [-0.2, -0.15) is 0 Å². The summed E-state index contributed by atoms with van der Waals surface area (Å²) in [5.41, 5.74) is 8.28. The van der Waals surface area contributed by atoms with Gasteiger partial charge in [-0.3, -0.25) is 4.79 Å². The Kier molecular flexibility index (Phi) is 2.45. The van der Waals surface area contributed by atoms with Crippen LogP contribution in [0.1, 0.15) is 44.5 Å². The summed E-state index contributed by atoms with van der Waals surface area (Å²) in [6.45, 7) is 4.98. The number of hydrogen-bond acceptors (Lipinski definition) is 3. The first-order chi connectivity index (χ1) is 9.99. The minimum atomic E-state index is -0.417. The summed E-state index contributed by atoms with van der Waals surface area (Å²) in [6, 6.07) is 6.04. The Bertz CT molecular complexity index is 746. The number of Topliss-reactive ketones (excluding diaryl/α,β-unsaturated/α-hetero) is 1. The van der Waals surface area contributed by atoms with Crippen molar-refractivity contribution in [2.24, 2.45) is 17.1 Å². The number of aromatic nitrogens is 2. The van der Waals surface area contributed by atoms with E-state index >= 15 is 0 Å². The molecule has 0 spiro atoms. The zero-order valence-corrected chi connectivity index (χ0v) is 12.6. The average molecular weight is 283 g/mol. The molecule has 2 unspecified atom stereocenters. The predicted octanol–water partition coefficient (Wildman–Crippen LogP) is 2.67. The maximum atomic E-state index is 12.7. The van der Waals surface area contributed by atoms with Gasteiger partial charge in [0.15, 0.2) is 0 Å². The van der Waals surface area contributed by atoms with Crippen molar-refractivity contribution in [1.82, 2.24) is 9.97 Å². The van der Waals surface area contributed by atoms with Gasteiger partial charge in [-0.05, 0) is 41.9 Å². The second kappa shape index (κ2) is 3.95. The second-order valence-corrected chi connectivity index (χ2v) is 7.13. The van der Waals surface area contributed by atoms with Gasteiger partial charge in [-0.1, -0.05) is 19.9 Å². The molecule has 2 saturated carbocycles. The number of hydrogen-bond donors (Lipinski definition) is 2. The van der Waals surface area contributed by atoms with Crippen molar-refractivity contribution in [2.75, 3.05) is 0 Å². The number of imidazole rings is 1. The molecule has 1 heterocycles. The van der Waals surface area contributed by atoms with Gasteiger partial charge in [0.2, 0.25) is 0 Å². The van der Waals surface area contributed by atoms with E-state index in [4.69, 9.17) is 10.7 Å². The second-order valence-electron chi connectivity index (χ2n) is 7.13. The Hall–Kier alpha value is -1.68. The fourth-order valence-electron chi connectivity index (χ4n) is 4.62. The third-order valence-corrected chi connectivity index (χ3v) is 6.08. The molecular weight excluding hydrogens is 262 g/mol. The van der Waals surface area contributed by atoms with E-state index in [1.54, 1.807) is 0 Å². The smallest absolute Gasteiger partial charge is 0.147 e. The van der Waals surface area contributed by atoms with E-state index < -0.39 is 5.41 Å². The Morgan fingerprint density at radius 3 is 2.86 bits per heavy atom. The highest BCUT2D eigenvalue weighted by Crippen LogP contribution is 2.64. The summed E-state index contributed by atoms with van der Waals surface area (Å²) >= 11 is 0. The minimum Gasteiger partial charge on any atom is -0.341 e. The lowest BCUT2D eigenvalue weighted by Gasteiger charge is -2.34. The number of nitrogens with zero attached hydrogens (tertiary/aromatic N) is 1. The first-order valence-electron chi connectivity index (χ1n) is 7.71. The van der Waals surface area contributed by atoms with E-state index in [1.807, 2.05) is 18.2 Å². The molecular formula is C17H21N3O. The molecule has 2 fully saturated rings. The lowest BCUT2D eigenvalue weighted by atomic mass is 9.68. The van der Waals surface area contributed by atoms with E-state index in [1.165, 1.54) is 0 Å². The van der Waals surface area contributed by atoms with Crippen molar-refractivity contribution in [3.05, 3.63) is 29.6 Å². The van der Waals surface area contributed by atoms with Crippen molar-refractivity contribution in [3.63, 3.8) is 0 Å². The third kappa shape index (κ3) is 1.43. The van der Waals surface area contributed by atoms with Gasteiger partial charge in [-0.25, -0.2) is 4.98 Å². The predicted molar refractivity (Wildman–Crippen MR) is 81.8 cm³/mol. The van der Waals surface area contributed by atoms with Crippen LogP contribution in [-0.2, 0) is 16.8 Å². The molecule has 0 aliphatic heterocycles. The van der Waals surface area contributed by atoms with Crippen LogP contribution in [0, 0.1) is 11.3 Å². The molecule has 2 atom stereocenters. The largest absolute Gasteiger partial charge is 0.341 e. The van der Waals surface area contributed by atoms with Gasteiger partial charge in [-0.15, -0.1) is 0 Å². The standard InChI is InChI=1S/C17H21N3O/c1-16(2)11-5-6-17(16,14(21)8-11)15-19-12-4-3-10(9-18)7-13(12)20-15/h3-4,7,11H,5-6,8-9,18H2,1-2H3,(H,19,20).